The van der Waals surface area contributed by atoms with Crippen molar-refractivity contribution >= 4 is 24.6 Å². The van der Waals surface area contributed by atoms with E-state index >= 15 is 0 Å². The molecule has 0 rings (SSSR count). The molecule has 14 heavy (non-hydrogen) atoms. The van der Waals surface area contributed by atoms with Crippen molar-refractivity contribution in [3.63, 3.8) is 0 Å². The largest absolute Gasteiger partial charge is 0.480 e. The van der Waals surface area contributed by atoms with Crippen molar-refractivity contribution in [3.05, 3.63) is 0 Å². The Labute approximate surface area is 87.7 Å². The van der Waals surface area contributed by atoms with E-state index in [1.165, 1.54) is 6.92 Å². The van der Waals surface area contributed by atoms with Gasteiger partial charge in [0.2, 0.25) is 0 Å². The molecule has 0 aromatic heterocycles. The summed E-state index contributed by atoms with van der Waals surface area (Å²) in [7, 11) is 0. The Hall–Kier alpha value is -0.790. The fourth-order valence-corrected chi connectivity index (χ4v) is 0.541. The highest BCUT2D eigenvalue weighted by molar-refractivity contribution is 7.80. The molecule has 0 aromatic carbocycles. The number of carboxylic acids is 2. The average molecular weight is 224 g/mol. The van der Waals surface area contributed by atoms with E-state index in [1.807, 2.05) is 0 Å². The number of aliphatic carboxylic acids is 2. The molecule has 0 unspecified atom stereocenters. The van der Waals surface area contributed by atoms with Gasteiger partial charge in [0.25, 0.3) is 0 Å². The maximum absolute atomic E-state index is 9.93. The van der Waals surface area contributed by atoms with Gasteiger partial charge in [0.15, 0.2) is 0 Å². The summed E-state index contributed by atoms with van der Waals surface area (Å²) in [4.78, 5) is 19.5. The molecular formula is C7H16N2O4S. The van der Waals surface area contributed by atoms with Gasteiger partial charge in [-0.15, -0.1) is 0 Å². The molecule has 0 aliphatic carbocycles. The van der Waals surface area contributed by atoms with Crippen LogP contribution in [0, 0.1) is 0 Å². The Morgan fingerprint density at radius 1 is 1.29 bits per heavy atom. The van der Waals surface area contributed by atoms with Gasteiger partial charge in [-0.2, -0.15) is 12.6 Å². The Morgan fingerprint density at radius 2 is 1.64 bits per heavy atom. The van der Waals surface area contributed by atoms with Crippen molar-refractivity contribution in [2.24, 2.45) is 11.5 Å². The van der Waals surface area contributed by atoms with Crippen LogP contribution in [0.25, 0.3) is 0 Å². The third-order valence-corrected chi connectivity index (χ3v) is 1.41. The van der Waals surface area contributed by atoms with Gasteiger partial charge < -0.3 is 21.7 Å². The number of carbonyl (C=O) groups is 2. The van der Waals surface area contributed by atoms with Crippen LogP contribution in [0.5, 0.6) is 0 Å². The van der Waals surface area contributed by atoms with Crippen LogP contribution < -0.4 is 11.5 Å². The van der Waals surface area contributed by atoms with Gasteiger partial charge in [-0.3, -0.25) is 9.59 Å². The summed E-state index contributed by atoms with van der Waals surface area (Å²) in [5.74, 6) is -1.40. The van der Waals surface area contributed by atoms with Gasteiger partial charge in [0.1, 0.15) is 12.1 Å². The number of nitrogens with two attached hydrogens (primary N) is 2. The van der Waals surface area contributed by atoms with Crippen molar-refractivity contribution in [3.8, 4) is 0 Å². The van der Waals surface area contributed by atoms with E-state index in [0.29, 0.717) is 12.2 Å². The van der Waals surface area contributed by atoms with Crippen molar-refractivity contribution < 1.29 is 19.8 Å². The molecule has 2 atom stereocenters. The zero-order valence-corrected chi connectivity index (χ0v) is 8.78. The molecule has 6 N–H and O–H groups in total. The van der Waals surface area contributed by atoms with Gasteiger partial charge in [-0.1, -0.05) is 0 Å². The summed E-state index contributed by atoms with van der Waals surface area (Å²) in [6, 6.07) is -1.47. The predicted octanol–water partition coefficient (Wildman–Crippen LogP) is -0.864. The van der Waals surface area contributed by atoms with Crippen LogP contribution in [0.4, 0.5) is 0 Å². The standard InChI is InChI=1S/C4H9NO2S.C3H7NO2/c5-3(1-2-8)4(6)7;1-2(4)3(5)6/h3,8H,1-2,5H2,(H,6,7);2H,4H2,1H3,(H,5,6)/t3-;2-/m00/s1. The van der Waals surface area contributed by atoms with E-state index in [1.54, 1.807) is 0 Å². The van der Waals surface area contributed by atoms with E-state index in [-0.39, 0.29) is 0 Å². The molecule has 0 radical (unpaired) electrons. The highest BCUT2D eigenvalue weighted by atomic mass is 32.1. The lowest BCUT2D eigenvalue weighted by atomic mass is 10.2. The average Bonchev–Trinajstić information content (AvgIpc) is 2.05. The van der Waals surface area contributed by atoms with Gasteiger partial charge in [0, 0.05) is 0 Å². The molecule has 0 aliphatic heterocycles. The van der Waals surface area contributed by atoms with E-state index in [2.05, 4.69) is 12.6 Å². The lowest BCUT2D eigenvalue weighted by molar-refractivity contribution is -0.139. The molecule has 0 aliphatic rings. The third-order valence-electron chi connectivity index (χ3n) is 1.15. The van der Waals surface area contributed by atoms with Crippen LogP contribution in [-0.2, 0) is 9.59 Å². The van der Waals surface area contributed by atoms with Crippen molar-refractivity contribution in [2.75, 3.05) is 5.75 Å². The summed E-state index contributed by atoms with van der Waals surface area (Å²) in [6.07, 6.45) is 0.429. The fraction of sp³-hybridized carbons (Fsp3) is 0.714. The molecule has 0 heterocycles. The first kappa shape index (κ1) is 15.7. The number of thiol groups is 1. The predicted molar refractivity (Wildman–Crippen MR) is 55.4 cm³/mol. The topological polar surface area (TPSA) is 127 Å². The maximum atomic E-state index is 9.93. The quantitative estimate of drug-likeness (QED) is 0.395. The van der Waals surface area contributed by atoms with Gasteiger partial charge in [-0.25, -0.2) is 0 Å². The van der Waals surface area contributed by atoms with Crippen LogP contribution >= 0.6 is 12.6 Å². The molecule has 0 aromatic rings. The minimum absolute atomic E-state index is 0.429. The van der Waals surface area contributed by atoms with Crippen LogP contribution in [0.15, 0.2) is 0 Å². The Bertz CT molecular complexity index is 187. The molecule has 7 heteroatoms. The molecule has 6 nitrogen and oxygen atoms in total. The summed E-state index contributed by atoms with van der Waals surface area (Å²) < 4.78 is 0. The lowest BCUT2D eigenvalue weighted by Crippen LogP contribution is -2.30. The molecule has 0 saturated carbocycles. The first-order valence-electron chi connectivity index (χ1n) is 3.90. The van der Waals surface area contributed by atoms with Crippen molar-refractivity contribution in [1.82, 2.24) is 0 Å². The van der Waals surface area contributed by atoms with E-state index in [4.69, 9.17) is 21.7 Å². The zero-order valence-electron chi connectivity index (χ0n) is 7.88. The molecular weight excluding hydrogens is 208 g/mol. The minimum Gasteiger partial charge on any atom is -0.480 e. The minimum atomic E-state index is -0.963. The summed E-state index contributed by atoms with van der Waals surface area (Å²) >= 11 is 3.81. The summed E-state index contributed by atoms with van der Waals surface area (Å²) in [5, 5.41) is 16.0. The molecule has 0 spiro atoms. The Morgan fingerprint density at radius 3 is 1.71 bits per heavy atom. The number of hydrogen-bond donors (Lipinski definition) is 5. The van der Waals surface area contributed by atoms with Crippen LogP contribution in [0.2, 0.25) is 0 Å². The molecule has 0 bridgehead atoms. The van der Waals surface area contributed by atoms with E-state index in [0.717, 1.165) is 0 Å². The first-order valence-corrected chi connectivity index (χ1v) is 4.53. The normalized spacial score (nSPS) is 13.4. The summed E-state index contributed by atoms with van der Waals surface area (Å²) in [6.45, 7) is 1.42. The molecule has 0 fully saturated rings. The highest BCUT2D eigenvalue weighted by Gasteiger charge is 2.08. The van der Waals surface area contributed by atoms with Crippen LogP contribution in [-0.4, -0.2) is 40.0 Å². The smallest absolute Gasteiger partial charge is 0.320 e. The Balaban J connectivity index is 0. The van der Waals surface area contributed by atoms with Crippen molar-refractivity contribution in [2.45, 2.75) is 25.4 Å². The SMILES string of the molecule is C[C@H](N)C(=O)O.N[C@@H](CCS)C(=O)O. The maximum Gasteiger partial charge on any atom is 0.320 e. The molecule has 0 amide bonds. The second-order valence-electron chi connectivity index (χ2n) is 2.58. The van der Waals surface area contributed by atoms with Crippen LogP contribution in [0.3, 0.4) is 0 Å². The summed E-state index contributed by atoms with van der Waals surface area (Å²) in [5.41, 5.74) is 9.91. The highest BCUT2D eigenvalue weighted by Crippen LogP contribution is 1.88. The number of rotatable bonds is 4. The molecule has 0 saturated heterocycles. The second-order valence-corrected chi connectivity index (χ2v) is 3.03. The zero-order chi connectivity index (χ0) is 11.7. The monoisotopic (exact) mass is 224 g/mol. The van der Waals surface area contributed by atoms with Gasteiger partial charge >= 0.3 is 11.9 Å². The third kappa shape index (κ3) is 11.2. The first-order chi connectivity index (χ1) is 6.32. The number of carboxylic acid groups (broad SMARTS) is 2. The number of hydrogen-bond acceptors (Lipinski definition) is 5. The van der Waals surface area contributed by atoms with Gasteiger partial charge in [0.05, 0.1) is 0 Å². The van der Waals surface area contributed by atoms with E-state index in [9.17, 15) is 9.59 Å². The van der Waals surface area contributed by atoms with E-state index < -0.39 is 24.0 Å². The lowest BCUT2D eigenvalue weighted by Gasteiger charge is -2.00. The van der Waals surface area contributed by atoms with Crippen molar-refractivity contribution in [1.29, 1.82) is 0 Å². The second kappa shape index (κ2) is 8.79. The van der Waals surface area contributed by atoms with Gasteiger partial charge in [-0.05, 0) is 19.1 Å². The van der Waals surface area contributed by atoms with Crippen LogP contribution in [0.1, 0.15) is 13.3 Å². The Kier molecular flexibility index (Phi) is 9.84. The molecule has 84 valence electrons. The fourth-order valence-electron chi connectivity index (χ4n) is 0.263.